The van der Waals surface area contributed by atoms with Crippen LogP contribution < -0.4 is 10.6 Å². The minimum Gasteiger partial charge on any atom is -0.464 e. The summed E-state index contributed by atoms with van der Waals surface area (Å²) in [6.07, 6.45) is 5.99. The van der Waals surface area contributed by atoms with Gasteiger partial charge in [-0.2, -0.15) is 0 Å². The maximum absolute atomic E-state index is 12.8. The molecule has 2 heterocycles. The van der Waals surface area contributed by atoms with Crippen molar-refractivity contribution in [2.75, 3.05) is 6.61 Å². The van der Waals surface area contributed by atoms with E-state index in [0.29, 0.717) is 28.8 Å². The van der Waals surface area contributed by atoms with Gasteiger partial charge >= 0.3 is 5.97 Å². The number of nitrogens with one attached hydrogen (secondary N) is 3. The molecule has 2 aromatic heterocycles. The SMILES string of the molecule is CCOC(=O)C(NC(=O)c1cnc(-c2cccc(-c3nnc(C(=O)NC(C4CC4)C4CC4)[nH]3)c2)o1)C(C)C. The maximum Gasteiger partial charge on any atom is 0.328 e. The van der Waals surface area contributed by atoms with Crippen molar-refractivity contribution in [1.82, 2.24) is 30.8 Å². The Morgan fingerprint density at radius 1 is 1.05 bits per heavy atom. The molecule has 1 aromatic carbocycles. The smallest absolute Gasteiger partial charge is 0.328 e. The average molecular weight is 521 g/mol. The van der Waals surface area contributed by atoms with Gasteiger partial charge in [0, 0.05) is 17.2 Å². The largest absolute Gasteiger partial charge is 0.464 e. The number of carbonyl (C=O) groups is 3. The van der Waals surface area contributed by atoms with Crippen molar-refractivity contribution in [2.45, 2.75) is 58.5 Å². The van der Waals surface area contributed by atoms with E-state index < -0.39 is 17.9 Å². The first kappa shape index (κ1) is 25.6. The number of esters is 1. The lowest BCUT2D eigenvalue weighted by atomic mass is 10.0. The second-order valence-corrected chi connectivity index (χ2v) is 10.3. The first-order chi connectivity index (χ1) is 18.3. The van der Waals surface area contributed by atoms with Gasteiger partial charge < -0.3 is 24.8 Å². The molecular formula is C27H32N6O5. The van der Waals surface area contributed by atoms with E-state index in [-0.39, 0.29) is 41.9 Å². The van der Waals surface area contributed by atoms with Gasteiger partial charge in [-0.25, -0.2) is 9.78 Å². The molecule has 0 radical (unpaired) electrons. The van der Waals surface area contributed by atoms with E-state index >= 15 is 0 Å². The molecule has 1 unspecified atom stereocenters. The van der Waals surface area contributed by atoms with Gasteiger partial charge in [-0.3, -0.25) is 9.59 Å². The summed E-state index contributed by atoms with van der Waals surface area (Å²) in [5.74, 6) is 0.502. The summed E-state index contributed by atoms with van der Waals surface area (Å²) in [6, 6.07) is 6.61. The second-order valence-electron chi connectivity index (χ2n) is 10.3. The molecule has 2 aliphatic rings. The highest BCUT2D eigenvalue weighted by Crippen LogP contribution is 2.44. The highest BCUT2D eigenvalue weighted by molar-refractivity contribution is 5.94. The van der Waals surface area contributed by atoms with Gasteiger partial charge in [0.1, 0.15) is 6.04 Å². The third-order valence-corrected chi connectivity index (χ3v) is 6.87. The minimum atomic E-state index is -0.805. The molecule has 11 heteroatoms. The van der Waals surface area contributed by atoms with Crippen LogP contribution in [-0.2, 0) is 9.53 Å². The molecule has 0 spiro atoms. The van der Waals surface area contributed by atoms with Crippen LogP contribution in [0.3, 0.4) is 0 Å². The van der Waals surface area contributed by atoms with E-state index in [0.717, 1.165) is 0 Å². The Morgan fingerprint density at radius 2 is 1.76 bits per heavy atom. The predicted octanol–water partition coefficient (Wildman–Crippen LogP) is 3.36. The molecule has 1 atom stereocenters. The van der Waals surface area contributed by atoms with Crippen LogP contribution in [0.4, 0.5) is 0 Å². The number of aromatic amines is 1. The minimum absolute atomic E-state index is 0.0279. The second kappa shape index (κ2) is 10.8. The number of hydrogen-bond donors (Lipinski definition) is 3. The quantitative estimate of drug-likeness (QED) is 0.326. The number of rotatable bonds is 11. The summed E-state index contributed by atoms with van der Waals surface area (Å²) in [4.78, 5) is 44.9. The molecule has 2 fully saturated rings. The lowest BCUT2D eigenvalue weighted by Gasteiger charge is -2.19. The number of carbonyl (C=O) groups excluding carboxylic acids is 3. The molecule has 2 amide bonds. The Balaban J connectivity index is 1.27. The van der Waals surface area contributed by atoms with E-state index in [9.17, 15) is 14.4 Å². The molecule has 38 heavy (non-hydrogen) atoms. The zero-order chi connectivity index (χ0) is 26.8. The van der Waals surface area contributed by atoms with Crippen molar-refractivity contribution < 1.29 is 23.5 Å². The molecule has 5 rings (SSSR count). The van der Waals surface area contributed by atoms with Crippen LogP contribution in [0.5, 0.6) is 0 Å². The molecule has 200 valence electrons. The third-order valence-electron chi connectivity index (χ3n) is 6.87. The standard InChI is InChI=1S/C27H32N6O5/c1-4-37-27(36)20(14(2)3)29-24(34)19-13-28-26(38-19)18-7-5-6-17(12-18)22-31-23(33-32-22)25(35)30-21(15-8-9-15)16-10-11-16/h5-7,12-16,20-21H,4,8-11H2,1-3H3,(H,29,34)(H,30,35)(H,31,32,33). The summed E-state index contributed by atoms with van der Waals surface area (Å²) in [6.45, 7) is 5.56. The van der Waals surface area contributed by atoms with E-state index in [4.69, 9.17) is 9.15 Å². The maximum atomic E-state index is 12.8. The number of oxazole rings is 1. The molecule has 2 saturated carbocycles. The Hall–Kier alpha value is -4.02. The summed E-state index contributed by atoms with van der Waals surface area (Å²) in [5, 5.41) is 14.0. The normalized spacial score (nSPS) is 15.9. The van der Waals surface area contributed by atoms with Crippen LogP contribution in [0.2, 0.25) is 0 Å². The fourth-order valence-electron chi connectivity index (χ4n) is 4.50. The summed E-state index contributed by atoms with van der Waals surface area (Å²) in [7, 11) is 0. The number of hydrogen-bond acceptors (Lipinski definition) is 8. The topological polar surface area (TPSA) is 152 Å². The molecule has 0 saturated heterocycles. The van der Waals surface area contributed by atoms with Gasteiger partial charge in [0.2, 0.25) is 17.5 Å². The molecular weight excluding hydrogens is 488 g/mol. The number of amides is 2. The summed E-state index contributed by atoms with van der Waals surface area (Å²) in [5.41, 5.74) is 1.29. The van der Waals surface area contributed by atoms with Crippen molar-refractivity contribution in [2.24, 2.45) is 17.8 Å². The molecule has 0 bridgehead atoms. The number of H-pyrrole nitrogens is 1. The Morgan fingerprint density at radius 3 is 2.42 bits per heavy atom. The Bertz CT molecular complexity index is 1310. The van der Waals surface area contributed by atoms with Crippen LogP contribution in [0.15, 0.2) is 34.9 Å². The summed E-state index contributed by atoms with van der Waals surface area (Å²) < 4.78 is 10.8. The van der Waals surface area contributed by atoms with Gasteiger partial charge in [0.15, 0.2) is 5.82 Å². The third kappa shape index (κ3) is 5.76. The van der Waals surface area contributed by atoms with Crippen LogP contribution >= 0.6 is 0 Å². The van der Waals surface area contributed by atoms with Crippen molar-refractivity contribution in [3.63, 3.8) is 0 Å². The summed E-state index contributed by atoms with van der Waals surface area (Å²) >= 11 is 0. The van der Waals surface area contributed by atoms with Crippen LogP contribution in [-0.4, -0.2) is 56.6 Å². The Labute approximate surface area is 220 Å². The zero-order valence-corrected chi connectivity index (χ0v) is 21.7. The molecule has 0 aliphatic heterocycles. The number of ether oxygens (including phenoxy) is 1. The predicted molar refractivity (Wildman–Crippen MR) is 137 cm³/mol. The van der Waals surface area contributed by atoms with Crippen LogP contribution in [0.1, 0.15) is 67.6 Å². The highest BCUT2D eigenvalue weighted by atomic mass is 16.5. The number of benzene rings is 1. The van der Waals surface area contributed by atoms with Gasteiger partial charge in [-0.1, -0.05) is 26.0 Å². The van der Waals surface area contributed by atoms with Gasteiger partial charge in [0.25, 0.3) is 11.8 Å². The molecule has 11 nitrogen and oxygen atoms in total. The first-order valence-corrected chi connectivity index (χ1v) is 13.1. The van der Waals surface area contributed by atoms with Crippen LogP contribution in [0, 0.1) is 17.8 Å². The zero-order valence-electron chi connectivity index (χ0n) is 21.7. The van der Waals surface area contributed by atoms with E-state index in [1.807, 2.05) is 19.9 Å². The van der Waals surface area contributed by atoms with Crippen LogP contribution in [0.25, 0.3) is 22.8 Å². The number of nitrogens with zero attached hydrogens (tertiary/aromatic N) is 3. The molecule has 3 aromatic rings. The van der Waals surface area contributed by atoms with Gasteiger partial charge in [-0.15, -0.1) is 10.2 Å². The highest BCUT2D eigenvalue weighted by Gasteiger charge is 2.42. The lowest BCUT2D eigenvalue weighted by Crippen LogP contribution is -2.45. The Kier molecular flexibility index (Phi) is 7.26. The number of aromatic nitrogens is 4. The van der Waals surface area contributed by atoms with Crippen molar-refractivity contribution in [3.8, 4) is 22.8 Å². The van der Waals surface area contributed by atoms with E-state index in [2.05, 4.69) is 30.8 Å². The monoisotopic (exact) mass is 520 g/mol. The molecule has 2 aliphatic carbocycles. The van der Waals surface area contributed by atoms with Crippen molar-refractivity contribution in [3.05, 3.63) is 42.0 Å². The van der Waals surface area contributed by atoms with E-state index in [1.54, 1.807) is 25.1 Å². The van der Waals surface area contributed by atoms with Gasteiger partial charge in [-0.05, 0) is 62.5 Å². The average Bonchev–Trinajstić information content (AvgIpc) is 3.83. The first-order valence-electron chi connectivity index (χ1n) is 13.1. The lowest BCUT2D eigenvalue weighted by molar-refractivity contribution is -0.146. The molecule has 3 N–H and O–H groups in total. The van der Waals surface area contributed by atoms with E-state index in [1.165, 1.54) is 31.9 Å². The van der Waals surface area contributed by atoms with Crippen molar-refractivity contribution in [1.29, 1.82) is 0 Å². The van der Waals surface area contributed by atoms with Crippen molar-refractivity contribution >= 4 is 17.8 Å². The fraction of sp³-hybridized carbons (Fsp3) is 0.481. The fourth-order valence-corrected chi connectivity index (χ4v) is 4.50. The van der Waals surface area contributed by atoms with Gasteiger partial charge in [0.05, 0.1) is 12.8 Å².